The number of nitrogens with zero attached hydrogens (tertiary/aromatic N) is 2. The van der Waals surface area contributed by atoms with Crippen LogP contribution in [0.25, 0.3) is 0 Å². The fraction of sp³-hybridized carbons (Fsp3) is 0.333. The van der Waals surface area contributed by atoms with E-state index >= 15 is 0 Å². The molecular formula is C9H14N4S. The second-order valence-electron chi connectivity index (χ2n) is 2.73. The average Bonchev–Trinajstić information content (AvgIpc) is 2.58. The predicted molar refractivity (Wildman–Crippen MR) is 60.4 cm³/mol. The van der Waals surface area contributed by atoms with Crippen LogP contribution in [0.1, 0.15) is 10.6 Å². The number of hydrogen-bond donors (Lipinski definition) is 2. The highest BCUT2D eigenvalue weighted by molar-refractivity contribution is 7.09. The van der Waals surface area contributed by atoms with Crippen molar-refractivity contribution in [2.45, 2.75) is 13.5 Å². The molecule has 1 rings (SSSR count). The van der Waals surface area contributed by atoms with Crippen LogP contribution < -0.4 is 11.1 Å². The number of aliphatic imine (C=N–C) groups is 1. The van der Waals surface area contributed by atoms with E-state index in [-0.39, 0.29) is 0 Å². The Kier molecular flexibility index (Phi) is 4.12. The molecule has 14 heavy (non-hydrogen) atoms. The molecule has 0 aliphatic heterocycles. The van der Waals surface area contributed by atoms with Crippen LogP contribution >= 0.6 is 11.3 Å². The van der Waals surface area contributed by atoms with Crippen LogP contribution in [0.5, 0.6) is 0 Å². The molecule has 0 unspecified atom stereocenters. The molecule has 0 fully saturated rings. The number of nitrogens with two attached hydrogens (primary N) is 1. The van der Waals surface area contributed by atoms with Crippen molar-refractivity contribution >= 4 is 17.3 Å². The minimum atomic E-state index is 0.442. The number of aryl methyl sites for hydroxylation is 1. The van der Waals surface area contributed by atoms with Gasteiger partial charge in [-0.05, 0) is 6.92 Å². The van der Waals surface area contributed by atoms with Gasteiger partial charge in [0.25, 0.3) is 0 Å². The monoisotopic (exact) mass is 210 g/mol. The van der Waals surface area contributed by atoms with Gasteiger partial charge in [0.15, 0.2) is 5.96 Å². The van der Waals surface area contributed by atoms with E-state index in [1.165, 1.54) is 0 Å². The Bertz CT molecular complexity index is 329. The van der Waals surface area contributed by atoms with Gasteiger partial charge in [0, 0.05) is 11.4 Å². The molecule has 0 spiro atoms. The number of hydrogen-bond acceptors (Lipinski definition) is 3. The Labute approximate surface area is 87.6 Å². The van der Waals surface area contributed by atoms with E-state index in [2.05, 4.69) is 21.9 Å². The van der Waals surface area contributed by atoms with Gasteiger partial charge in [0.05, 0.1) is 17.7 Å². The average molecular weight is 210 g/mol. The predicted octanol–water partition coefficient (Wildman–Crippen LogP) is 1.04. The zero-order valence-corrected chi connectivity index (χ0v) is 8.97. The maximum absolute atomic E-state index is 5.60. The highest BCUT2D eigenvalue weighted by Crippen LogP contribution is 2.12. The second-order valence-corrected chi connectivity index (χ2v) is 3.67. The first-order chi connectivity index (χ1) is 6.74. The van der Waals surface area contributed by atoms with Gasteiger partial charge >= 0.3 is 0 Å². The van der Waals surface area contributed by atoms with E-state index in [0.29, 0.717) is 19.0 Å². The molecule has 0 radical (unpaired) electrons. The first-order valence-electron chi connectivity index (χ1n) is 4.27. The standard InChI is InChI=1S/C9H14N4S/c1-3-4-11-9(10)12-5-8-7(2)13-6-14-8/h3,6H,1,4-5H2,2H3,(H3,10,11,12). The van der Waals surface area contributed by atoms with Crippen LogP contribution in [0.15, 0.2) is 23.2 Å². The van der Waals surface area contributed by atoms with Crippen LogP contribution in [-0.2, 0) is 6.54 Å². The van der Waals surface area contributed by atoms with E-state index < -0.39 is 0 Å². The molecular weight excluding hydrogens is 196 g/mol. The maximum Gasteiger partial charge on any atom is 0.189 e. The number of nitrogens with one attached hydrogen (secondary N) is 1. The summed E-state index contributed by atoms with van der Waals surface area (Å²) < 4.78 is 0. The minimum absolute atomic E-state index is 0.442. The highest BCUT2D eigenvalue weighted by atomic mass is 32.1. The molecule has 3 N–H and O–H groups in total. The molecule has 0 aromatic carbocycles. The van der Waals surface area contributed by atoms with E-state index in [9.17, 15) is 0 Å². The van der Waals surface area contributed by atoms with Crippen molar-refractivity contribution in [1.82, 2.24) is 10.3 Å². The third-order valence-corrected chi connectivity index (χ3v) is 2.59. The van der Waals surface area contributed by atoms with Gasteiger partial charge in [0.2, 0.25) is 0 Å². The van der Waals surface area contributed by atoms with Crippen molar-refractivity contribution in [3.05, 3.63) is 28.7 Å². The van der Waals surface area contributed by atoms with Crippen LogP contribution in [0.4, 0.5) is 0 Å². The Balaban J connectivity index is 2.46. The summed E-state index contributed by atoms with van der Waals surface area (Å²) in [5.41, 5.74) is 8.44. The molecule has 0 atom stereocenters. The fourth-order valence-corrected chi connectivity index (χ4v) is 1.57. The Morgan fingerprint density at radius 2 is 2.64 bits per heavy atom. The summed E-state index contributed by atoms with van der Waals surface area (Å²) in [7, 11) is 0. The first-order valence-corrected chi connectivity index (χ1v) is 5.15. The summed E-state index contributed by atoms with van der Waals surface area (Å²) in [5, 5.41) is 2.91. The lowest BCUT2D eigenvalue weighted by Crippen LogP contribution is -2.31. The van der Waals surface area contributed by atoms with E-state index in [1.54, 1.807) is 17.4 Å². The van der Waals surface area contributed by atoms with Crippen molar-refractivity contribution in [1.29, 1.82) is 0 Å². The lowest BCUT2D eigenvalue weighted by molar-refractivity contribution is 0.971. The normalized spacial score (nSPS) is 11.4. The van der Waals surface area contributed by atoms with Crippen LogP contribution in [0.3, 0.4) is 0 Å². The molecule has 0 bridgehead atoms. The van der Waals surface area contributed by atoms with Crippen molar-refractivity contribution in [2.24, 2.45) is 10.7 Å². The fourth-order valence-electron chi connectivity index (χ4n) is 0.868. The molecule has 5 heteroatoms. The van der Waals surface area contributed by atoms with E-state index in [0.717, 1.165) is 10.6 Å². The first kappa shape index (κ1) is 10.7. The van der Waals surface area contributed by atoms with Gasteiger partial charge in [-0.3, -0.25) is 0 Å². The molecule has 0 aliphatic carbocycles. The van der Waals surface area contributed by atoms with Crippen LogP contribution in [0.2, 0.25) is 0 Å². The molecule has 0 saturated carbocycles. The second kappa shape index (κ2) is 5.39. The number of guanidine groups is 1. The summed E-state index contributed by atoms with van der Waals surface area (Å²) in [5.74, 6) is 0.442. The summed E-state index contributed by atoms with van der Waals surface area (Å²) >= 11 is 1.59. The topological polar surface area (TPSA) is 63.3 Å². The third-order valence-electron chi connectivity index (χ3n) is 1.67. The highest BCUT2D eigenvalue weighted by Gasteiger charge is 1.99. The van der Waals surface area contributed by atoms with Crippen LogP contribution in [-0.4, -0.2) is 17.5 Å². The zero-order chi connectivity index (χ0) is 10.4. The Morgan fingerprint density at radius 3 is 3.21 bits per heavy atom. The maximum atomic E-state index is 5.60. The van der Waals surface area contributed by atoms with Crippen molar-refractivity contribution in [2.75, 3.05) is 6.54 Å². The van der Waals surface area contributed by atoms with Gasteiger partial charge in [-0.1, -0.05) is 6.08 Å². The van der Waals surface area contributed by atoms with Gasteiger partial charge in [0.1, 0.15) is 0 Å². The van der Waals surface area contributed by atoms with Gasteiger partial charge < -0.3 is 11.1 Å². The quantitative estimate of drug-likeness (QED) is 0.443. The van der Waals surface area contributed by atoms with Gasteiger partial charge in [-0.25, -0.2) is 9.98 Å². The molecule has 1 aromatic rings. The molecule has 1 heterocycles. The molecule has 1 aromatic heterocycles. The molecule has 4 nitrogen and oxygen atoms in total. The molecule has 76 valence electrons. The Hall–Kier alpha value is -1.36. The van der Waals surface area contributed by atoms with Crippen LogP contribution in [0, 0.1) is 6.92 Å². The number of rotatable bonds is 4. The summed E-state index contributed by atoms with van der Waals surface area (Å²) in [6, 6.07) is 0. The van der Waals surface area contributed by atoms with Crippen molar-refractivity contribution in [3.8, 4) is 0 Å². The third kappa shape index (κ3) is 3.18. The summed E-state index contributed by atoms with van der Waals surface area (Å²) in [4.78, 5) is 9.45. The van der Waals surface area contributed by atoms with Gasteiger partial charge in [-0.15, -0.1) is 17.9 Å². The number of aromatic nitrogens is 1. The SMILES string of the molecule is C=CCNC(N)=NCc1scnc1C. The molecule has 0 amide bonds. The Morgan fingerprint density at radius 1 is 1.86 bits per heavy atom. The lowest BCUT2D eigenvalue weighted by Gasteiger charge is -2.00. The van der Waals surface area contributed by atoms with E-state index in [4.69, 9.17) is 5.73 Å². The zero-order valence-electron chi connectivity index (χ0n) is 8.16. The molecule has 0 aliphatic rings. The van der Waals surface area contributed by atoms with Gasteiger partial charge in [-0.2, -0.15) is 0 Å². The summed E-state index contributed by atoms with van der Waals surface area (Å²) in [6.45, 7) is 6.77. The molecule has 0 saturated heterocycles. The minimum Gasteiger partial charge on any atom is -0.370 e. The summed E-state index contributed by atoms with van der Waals surface area (Å²) in [6.07, 6.45) is 1.74. The van der Waals surface area contributed by atoms with Crippen molar-refractivity contribution < 1.29 is 0 Å². The smallest absolute Gasteiger partial charge is 0.189 e. The number of thiazole rings is 1. The van der Waals surface area contributed by atoms with Crippen molar-refractivity contribution in [3.63, 3.8) is 0 Å². The largest absolute Gasteiger partial charge is 0.370 e. The van der Waals surface area contributed by atoms with E-state index in [1.807, 2.05) is 12.4 Å². The lowest BCUT2D eigenvalue weighted by atomic mass is 10.4.